The molecule has 1 heterocycles. The highest BCUT2D eigenvalue weighted by atomic mass is 32.1. The zero-order valence-electron chi connectivity index (χ0n) is 14.6. The molecular weight excluding hydrogens is 356 g/mol. The predicted octanol–water partition coefficient (Wildman–Crippen LogP) is 3.21. The van der Waals surface area contributed by atoms with Gasteiger partial charge < -0.3 is 19.5 Å². The number of anilines is 1. The molecule has 7 nitrogen and oxygen atoms in total. The van der Waals surface area contributed by atoms with Gasteiger partial charge in [0.15, 0.2) is 17.6 Å². The van der Waals surface area contributed by atoms with Crippen molar-refractivity contribution in [1.82, 2.24) is 0 Å². The fourth-order valence-corrected chi connectivity index (χ4v) is 2.80. The fourth-order valence-electron chi connectivity index (χ4n) is 2.06. The number of carbonyl (C=O) groups excluding carboxylic acids is 2. The number of thiophene rings is 1. The van der Waals surface area contributed by atoms with E-state index in [1.165, 1.54) is 37.5 Å². The number of amides is 1. The van der Waals surface area contributed by atoms with Crippen molar-refractivity contribution in [3.63, 3.8) is 0 Å². The van der Waals surface area contributed by atoms with Crippen LogP contribution in [0.5, 0.6) is 11.5 Å². The van der Waals surface area contributed by atoms with Crippen molar-refractivity contribution in [3.05, 3.63) is 40.8 Å². The van der Waals surface area contributed by atoms with Gasteiger partial charge in [-0.15, -0.1) is 11.3 Å². The van der Waals surface area contributed by atoms with Gasteiger partial charge >= 0.3 is 5.97 Å². The van der Waals surface area contributed by atoms with Gasteiger partial charge in [-0.25, -0.2) is 4.79 Å². The number of hydrogen-bond donors (Lipinski definition) is 1. The van der Waals surface area contributed by atoms with Crippen LogP contribution in [0.3, 0.4) is 0 Å². The third-order valence-electron chi connectivity index (χ3n) is 3.37. The van der Waals surface area contributed by atoms with Gasteiger partial charge in [0.2, 0.25) is 0 Å². The molecule has 26 heavy (non-hydrogen) atoms. The first-order chi connectivity index (χ1) is 12.5. The molecule has 0 saturated carbocycles. The number of esters is 1. The molecule has 1 aromatic carbocycles. The lowest BCUT2D eigenvalue weighted by Gasteiger charge is -2.14. The third kappa shape index (κ3) is 4.52. The minimum absolute atomic E-state index is 0.239. The van der Waals surface area contributed by atoms with Crippen molar-refractivity contribution in [2.75, 3.05) is 19.0 Å². The van der Waals surface area contributed by atoms with E-state index >= 15 is 0 Å². The third-order valence-corrected chi connectivity index (χ3v) is 4.20. The molecular formula is C18H18N2O5S. The molecule has 1 N–H and O–H groups in total. The standard InChI is InChI=1S/C18H18N2O5S/c1-4-24-15-9-12(5-6-14(15)23-3)18(22)25-11(2)16(21)20-17-13(10-19)7-8-26-17/h5-9,11H,4H2,1-3H3,(H,20,21)/t11-/m1/s1. The maximum Gasteiger partial charge on any atom is 0.339 e. The Labute approximate surface area is 155 Å². The highest BCUT2D eigenvalue weighted by Gasteiger charge is 2.21. The van der Waals surface area contributed by atoms with Gasteiger partial charge in [-0.3, -0.25) is 4.79 Å². The molecule has 0 fully saturated rings. The first-order valence-corrected chi connectivity index (χ1v) is 8.68. The second-order valence-corrected chi connectivity index (χ2v) is 6.03. The molecule has 8 heteroatoms. The smallest absolute Gasteiger partial charge is 0.339 e. The molecule has 0 radical (unpaired) electrons. The first kappa shape index (κ1) is 19.3. The van der Waals surface area contributed by atoms with Gasteiger partial charge in [0.1, 0.15) is 11.1 Å². The number of ether oxygens (including phenoxy) is 3. The second-order valence-electron chi connectivity index (χ2n) is 5.11. The molecule has 2 rings (SSSR count). The average molecular weight is 374 g/mol. The Balaban J connectivity index is 2.05. The zero-order valence-corrected chi connectivity index (χ0v) is 15.4. The van der Waals surface area contributed by atoms with Crippen molar-refractivity contribution in [2.24, 2.45) is 0 Å². The summed E-state index contributed by atoms with van der Waals surface area (Å²) >= 11 is 1.22. The minimum atomic E-state index is -1.03. The van der Waals surface area contributed by atoms with E-state index in [0.717, 1.165) is 0 Å². The lowest BCUT2D eigenvalue weighted by molar-refractivity contribution is -0.123. The molecule has 0 saturated heterocycles. The molecule has 1 amide bonds. The average Bonchev–Trinajstić information content (AvgIpc) is 3.08. The van der Waals surface area contributed by atoms with Gasteiger partial charge in [0.25, 0.3) is 5.91 Å². The number of hydrogen-bond acceptors (Lipinski definition) is 7. The number of carbonyl (C=O) groups is 2. The molecule has 0 bridgehead atoms. The lowest BCUT2D eigenvalue weighted by Crippen LogP contribution is -2.29. The van der Waals surface area contributed by atoms with E-state index in [0.29, 0.717) is 28.7 Å². The van der Waals surface area contributed by atoms with Crippen LogP contribution in [0.1, 0.15) is 29.8 Å². The van der Waals surface area contributed by atoms with Crippen molar-refractivity contribution >= 4 is 28.2 Å². The number of nitriles is 1. The normalized spacial score (nSPS) is 11.2. The minimum Gasteiger partial charge on any atom is -0.493 e. The monoisotopic (exact) mass is 374 g/mol. The highest BCUT2D eigenvalue weighted by Crippen LogP contribution is 2.28. The summed E-state index contributed by atoms with van der Waals surface area (Å²) in [5.74, 6) is -0.270. The lowest BCUT2D eigenvalue weighted by atomic mass is 10.2. The van der Waals surface area contributed by atoms with Crippen LogP contribution in [0.4, 0.5) is 5.00 Å². The fraction of sp³-hybridized carbons (Fsp3) is 0.278. The number of nitrogens with one attached hydrogen (secondary N) is 1. The van der Waals surface area contributed by atoms with Gasteiger partial charge in [-0.2, -0.15) is 5.26 Å². The van der Waals surface area contributed by atoms with Crippen LogP contribution in [0.25, 0.3) is 0 Å². The van der Waals surface area contributed by atoms with Crippen LogP contribution in [0, 0.1) is 11.3 Å². The second kappa shape index (κ2) is 8.87. The van der Waals surface area contributed by atoms with Crippen molar-refractivity contribution < 1.29 is 23.8 Å². The van der Waals surface area contributed by atoms with Crippen LogP contribution in [-0.4, -0.2) is 31.7 Å². The number of nitrogens with zero attached hydrogens (tertiary/aromatic N) is 1. The van der Waals surface area contributed by atoms with Crippen LogP contribution >= 0.6 is 11.3 Å². The van der Waals surface area contributed by atoms with Crippen LogP contribution in [0.15, 0.2) is 29.6 Å². The summed E-state index contributed by atoms with van der Waals surface area (Å²) in [6.07, 6.45) is -1.03. The quantitative estimate of drug-likeness (QED) is 0.748. The molecule has 2 aromatic rings. The Hall–Kier alpha value is -3.05. The summed E-state index contributed by atoms with van der Waals surface area (Å²) in [6, 6.07) is 8.20. The summed E-state index contributed by atoms with van der Waals surface area (Å²) in [4.78, 5) is 24.5. The van der Waals surface area contributed by atoms with E-state index < -0.39 is 18.0 Å². The Morgan fingerprint density at radius 1 is 1.31 bits per heavy atom. The molecule has 0 unspecified atom stereocenters. The summed E-state index contributed by atoms with van der Waals surface area (Å²) in [5.41, 5.74) is 0.598. The molecule has 1 aromatic heterocycles. The largest absolute Gasteiger partial charge is 0.493 e. The van der Waals surface area contributed by atoms with E-state index in [9.17, 15) is 9.59 Å². The van der Waals surface area contributed by atoms with E-state index in [2.05, 4.69) is 5.32 Å². The molecule has 0 spiro atoms. The molecule has 0 aliphatic rings. The van der Waals surface area contributed by atoms with Crippen LogP contribution in [-0.2, 0) is 9.53 Å². The SMILES string of the molecule is CCOc1cc(C(=O)O[C@H](C)C(=O)Nc2sccc2C#N)ccc1OC. The summed E-state index contributed by atoms with van der Waals surface area (Å²) in [7, 11) is 1.50. The van der Waals surface area contributed by atoms with E-state index in [4.69, 9.17) is 19.5 Å². The maximum atomic E-state index is 12.3. The maximum absolute atomic E-state index is 12.3. The van der Waals surface area contributed by atoms with Crippen LogP contribution < -0.4 is 14.8 Å². The topological polar surface area (TPSA) is 97.6 Å². The van der Waals surface area contributed by atoms with Gasteiger partial charge in [0.05, 0.1) is 24.8 Å². The van der Waals surface area contributed by atoms with Gasteiger partial charge in [0, 0.05) is 0 Å². The van der Waals surface area contributed by atoms with Crippen LogP contribution in [0.2, 0.25) is 0 Å². The highest BCUT2D eigenvalue weighted by molar-refractivity contribution is 7.14. The molecule has 0 aliphatic carbocycles. The number of benzene rings is 1. The summed E-state index contributed by atoms with van der Waals surface area (Å²) < 4.78 is 15.8. The number of methoxy groups -OCH3 is 1. The van der Waals surface area contributed by atoms with Gasteiger partial charge in [-0.05, 0) is 43.5 Å². The van der Waals surface area contributed by atoms with Crippen molar-refractivity contribution in [2.45, 2.75) is 20.0 Å². The van der Waals surface area contributed by atoms with E-state index in [1.54, 1.807) is 17.5 Å². The van der Waals surface area contributed by atoms with Crippen molar-refractivity contribution in [3.8, 4) is 17.6 Å². The molecule has 136 valence electrons. The Bertz CT molecular complexity index is 840. The Morgan fingerprint density at radius 3 is 2.73 bits per heavy atom. The number of rotatable bonds is 7. The summed E-state index contributed by atoms with van der Waals surface area (Å²) in [6.45, 7) is 3.69. The zero-order chi connectivity index (χ0) is 19.1. The predicted molar refractivity (Wildman–Crippen MR) is 96.7 cm³/mol. The Morgan fingerprint density at radius 2 is 2.08 bits per heavy atom. The summed E-state index contributed by atoms with van der Waals surface area (Å²) in [5, 5.41) is 13.7. The van der Waals surface area contributed by atoms with E-state index in [1.807, 2.05) is 13.0 Å². The van der Waals surface area contributed by atoms with Crippen molar-refractivity contribution in [1.29, 1.82) is 5.26 Å². The molecule has 0 aliphatic heterocycles. The van der Waals surface area contributed by atoms with Gasteiger partial charge in [-0.1, -0.05) is 0 Å². The molecule has 1 atom stereocenters. The Kier molecular flexibility index (Phi) is 6.58. The van der Waals surface area contributed by atoms with E-state index in [-0.39, 0.29) is 5.56 Å². The first-order valence-electron chi connectivity index (χ1n) is 7.80.